The molecule has 0 spiro atoms. The van der Waals surface area contributed by atoms with Crippen molar-refractivity contribution in [2.24, 2.45) is 0 Å². The van der Waals surface area contributed by atoms with Gasteiger partial charge in [-0.3, -0.25) is 4.79 Å². The van der Waals surface area contributed by atoms with Crippen LogP contribution in [0, 0.1) is 20.8 Å². The predicted octanol–water partition coefficient (Wildman–Crippen LogP) is 4.76. The Kier molecular flexibility index (Phi) is 3.88. The number of hydrogen-bond donors (Lipinski definition) is 1. The molecule has 4 rings (SSSR count). The van der Waals surface area contributed by atoms with Gasteiger partial charge in [0.1, 0.15) is 16.9 Å². The highest BCUT2D eigenvalue weighted by Crippen LogP contribution is 2.41. The molecule has 2 aromatic heterocycles. The van der Waals surface area contributed by atoms with E-state index in [4.69, 9.17) is 13.9 Å². The van der Waals surface area contributed by atoms with E-state index in [-0.39, 0.29) is 12.0 Å². The highest BCUT2D eigenvalue weighted by molar-refractivity contribution is 6.11. The van der Waals surface area contributed by atoms with Crippen LogP contribution in [0.2, 0.25) is 0 Å². The zero-order valence-corrected chi connectivity index (χ0v) is 15.3. The fraction of sp³-hybridized carbons (Fsp3) is 0.182. The van der Waals surface area contributed by atoms with Gasteiger partial charge in [-0.15, -0.1) is 0 Å². The minimum atomic E-state index is -1.08. The molecule has 0 unspecified atom stereocenters. The van der Waals surface area contributed by atoms with Gasteiger partial charge in [0.25, 0.3) is 0 Å². The molecule has 0 saturated carbocycles. The quantitative estimate of drug-likeness (QED) is 0.532. The van der Waals surface area contributed by atoms with E-state index in [0.29, 0.717) is 22.1 Å². The normalized spacial score (nSPS) is 11.4. The molecular weight excluding hydrogens is 344 g/mol. The van der Waals surface area contributed by atoms with Gasteiger partial charge in [-0.25, -0.2) is 4.79 Å². The average Bonchev–Trinajstić information content (AvgIpc) is 2.96. The lowest BCUT2D eigenvalue weighted by Gasteiger charge is -2.09. The van der Waals surface area contributed by atoms with Crippen molar-refractivity contribution in [3.8, 4) is 11.1 Å². The average molecular weight is 362 g/mol. The van der Waals surface area contributed by atoms with Gasteiger partial charge in [-0.1, -0.05) is 30.3 Å². The molecule has 0 fully saturated rings. The number of aliphatic carboxylic acids is 1. The van der Waals surface area contributed by atoms with Crippen LogP contribution in [-0.2, 0) is 11.2 Å². The van der Waals surface area contributed by atoms with E-state index in [1.165, 1.54) is 0 Å². The number of aryl methyl sites for hydroxylation is 3. The number of carbonyl (C=O) groups is 1. The molecular formula is C22H18O5. The fourth-order valence-corrected chi connectivity index (χ4v) is 3.76. The SMILES string of the molecule is Cc1oc2c(c(C)cc3oc(=O)c(CC(=O)O)c(C)c32)c1-c1ccccc1. The number of rotatable bonds is 3. The van der Waals surface area contributed by atoms with E-state index in [0.717, 1.165) is 27.8 Å². The molecule has 27 heavy (non-hydrogen) atoms. The molecule has 136 valence electrons. The smallest absolute Gasteiger partial charge is 0.340 e. The van der Waals surface area contributed by atoms with Crippen molar-refractivity contribution in [2.45, 2.75) is 27.2 Å². The lowest BCUT2D eigenvalue weighted by atomic mass is 9.95. The molecule has 5 heteroatoms. The molecule has 0 saturated heterocycles. The Balaban J connectivity index is 2.16. The van der Waals surface area contributed by atoms with Gasteiger partial charge >= 0.3 is 11.6 Å². The van der Waals surface area contributed by atoms with Gasteiger partial charge in [0.15, 0.2) is 0 Å². The van der Waals surface area contributed by atoms with Gasteiger partial charge in [0.05, 0.1) is 17.4 Å². The summed E-state index contributed by atoms with van der Waals surface area (Å²) in [6, 6.07) is 11.8. The first-order chi connectivity index (χ1) is 12.9. The maximum absolute atomic E-state index is 12.3. The summed E-state index contributed by atoms with van der Waals surface area (Å²) >= 11 is 0. The Morgan fingerprint density at radius 3 is 2.41 bits per heavy atom. The number of hydrogen-bond acceptors (Lipinski definition) is 4. The summed E-state index contributed by atoms with van der Waals surface area (Å²) in [4.78, 5) is 23.4. The van der Waals surface area contributed by atoms with E-state index < -0.39 is 11.6 Å². The van der Waals surface area contributed by atoms with Crippen LogP contribution in [0.3, 0.4) is 0 Å². The lowest BCUT2D eigenvalue weighted by Crippen LogP contribution is -2.15. The van der Waals surface area contributed by atoms with E-state index >= 15 is 0 Å². The summed E-state index contributed by atoms with van der Waals surface area (Å²) in [5.74, 6) is -0.314. The first kappa shape index (κ1) is 17.1. The van der Waals surface area contributed by atoms with Crippen LogP contribution in [0.25, 0.3) is 33.1 Å². The minimum Gasteiger partial charge on any atom is -0.481 e. The summed E-state index contributed by atoms with van der Waals surface area (Å²) < 4.78 is 11.6. The molecule has 0 aliphatic carbocycles. The molecule has 0 aliphatic heterocycles. The zero-order valence-electron chi connectivity index (χ0n) is 15.3. The maximum atomic E-state index is 12.3. The zero-order chi connectivity index (χ0) is 19.3. The Hall–Kier alpha value is -3.34. The third-order valence-corrected chi connectivity index (χ3v) is 4.97. The van der Waals surface area contributed by atoms with Crippen LogP contribution in [0.5, 0.6) is 0 Å². The van der Waals surface area contributed by atoms with Gasteiger partial charge in [-0.2, -0.15) is 0 Å². The summed E-state index contributed by atoms with van der Waals surface area (Å²) in [6.07, 6.45) is -0.384. The number of furan rings is 1. The Morgan fingerprint density at radius 2 is 1.74 bits per heavy atom. The monoisotopic (exact) mass is 362 g/mol. The molecule has 0 radical (unpaired) electrons. The third-order valence-electron chi connectivity index (χ3n) is 4.97. The second kappa shape index (κ2) is 6.13. The Labute approximate surface area is 154 Å². The van der Waals surface area contributed by atoms with E-state index in [1.807, 2.05) is 50.2 Å². The van der Waals surface area contributed by atoms with Gasteiger partial charge in [0, 0.05) is 10.9 Å². The van der Waals surface area contributed by atoms with Crippen molar-refractivity contribution in [3.05, 3.63) is 69.3 Å². The molecule has 5 nitrogen and oxygen atoms in total. The van der Waals surface area contributed by atoms with Crippen LogP contribution in [0.1, 0.15) is 22.5 Å². The second-order valence-electron chi connectivity index (χ2n) is 6.73. The standard InChI is InChI=1S/C22H18O5/c1-11-9-16-19(12(2)15(10-17(23)24)22(25)27-16)21-18(11)20(13(3)26-21)14-7-5-4-6-8-14/h4-9H,10H2,1-3H3,(H,23,24). The van der Waals surface area contributed by atoms with Crippen LogP contribution >= 0.6 is 0 Å². The molecule has 0 bridgehead atoms. The van der Waals surface area contributed by atoms with Gasteiger partial charge in [0.2, 0.25) is 0 Å². The summed E-state index contributed by atoms with van der Waals surface area (Å²) in [6.45, 7) is 5.59. The van der Waals surface area contributed by atoms with Crippen molar-refractivity contribution < 1.29 is 18.7 Å². The third kappa shape index (κ3) is 2.63. The van der Waals surface area contributed by atoms with Crippen LogP contribution in [0.15, 0.2) is 50.0 Å². The van der Waals surface area contributed by atoms with E-state index in [9.17, 15) is 9.59 Å². The van der Waals surface area contributed by atoms with Gasteiger partial charge in [-0.05, 0) is 43.5 Å². The van der Waals surface area contributed by atoms with Crippen LogP contribution in [0.4, 0.5) is 0 Å². The molecule has 2 heterocycles. The fourth-order valence-electron chi connectivity index (χ4n) is 3.76. The van der Waals surface area contributed by atoms with E-state index in [1.54, 1.807) is 6.92 Å². The molecule has 0 amide bonds. The van der Waals surface area contributed by atoms with Crippen LogP contribution in [-0.4, -0.2) is 11.1 Å². The Bertz CT molecular complexity index is 1260. The molecule has 2 aromatic carbocycles. The van der Waals surface area contributed by atoms with Crippen molar-refractivity contribution in [3.63, 3.8) is 0 Å². The summed E-state index contributed by atoms with van der Waals surface area (Å²) in [7, 11) is 0. The molecule has 1 N–H and O–H groups in total. The number of carboxylic acids is 1. The largest absolute Gasteiger partial charge is 0.481 e. The molecule has 0 atom stereocenters. The predicted molar refractivity (Wildman–Crippen MR) is 103 cm³/mol. The maximum Gasteiger partial charge on any atom is 0.340 e. The van der Waals surface area contributed by atoms with Gasteiger partial charge < -0.3 is 13.9 Å². The van der Waals surface area contributed by atoms with Crippen LogP contribution < -0.4 is 5.63 Å². The Morgan fingerprint density at radius 1 is 1.04 bits per heavy atom. The number of fused-ring (bicyclic) bond motifs is 3. The second-order valence-corrected chi connectivity index (χ2v) is 6.73. The number of benzene rings is 2. The first-order valence-corrected chi connectivity index (χ1v) is 8.64. The van der Waals surface area contributed by atoms with Crippen molar-refractivity contribution >= 4 is 27.9 Å². The molecule has 0 aliphatic rings. The van der Waals surface area contributed by atoms with Crippen molar-refractivity contribution in [1.29, 1.82) is 0 Å². The topological polar surface area (TPSA) is 80.7 Å². The highest BCUT2D eigenvalue weighted by Gasteiger charge is 2.22. The number of carboxylic acid groups (broad SMARTS) is 1. The van der Waals surface area contributed by atoms with E-state index in [2.05, 4.69) is 0 Å². The van der Waals surface area contributed by atoms with Crippen molar-refractivity contribution in [1.82, 2.24) is 0 Å². The first-order valence-electron chi connectivity index (χ1n) is 8.64. The minimum absolute atomic E-state index is 0.149. The summed E-state index contributed by atoms with van der Waals surface area (Å²) in [5.41, 5.74) is 4.11. The highest BCUT2D eigenvalue weighted by atomic mass is 16.4. The lowest BCUT2D eigenvalue weighted by molar-refractivity contribution is -0.136. The summed E-state index contributed by atoms with van der Waals surface area (Å²) in [5, 5.41) is 10.7. The molecule has 4 aromatic rings. The van der Waals surface area contributed by atoms with Crippen molar-refractivity contribution in [2.75, 3.05) is 0 Å².